The van der Waals surface area contributed by atoms with Gasteiger partial charge in [-0.2, -0.15) is 8.78 Å². The van der Waals surface area contributed by atoms with E-state index in [4.69, 9.17) is 0 Å². The Morgan fingerprint density at radius 2 is 1.81 bits per heavy atom. The summed E-state index contributed by atoms with van der Waals surface area (Å²) in [5, 5.41) is 12.9. The molecule has 0 aromatic heterocycles. The zero-order valence-electron chi connectivity index (χ0n) is 12.5. The highest BCUT2D eigenvalue weighted by Gasteiger charge is 2.19. The maximum Gasteiger partial charge on any atom is 0.387 e. The number of rotatable bonds is 5. The van der Waals surface area contributed by atoms with Gasteiger partial charge < -0.3 is 15.2 Å². The molecule has 1 saturated carbocycles. The van der Waals surface area contributed by atoms with Crippen molar-refractivity contribution in [2.75, 3.05) is 0 Å². The Bertz CT molecular complexity index is 472. The Morgan fingerprint density at radius 1 is 1.19 bits per heavy atom. The number of alkyl halides is 2. The average molecular weight is 299 g/mol. The molecule has 0 spiro atoms. The molecule has 0 atom stereocenters. The lowest BCUT2D eigenvalue weighted by molar-refractivity contribution is -0.0505. The number of aliphatic hydroxyl groups is 1. The molecule has 1 aliphatic rings. The maximum absolute atomic E-state index is 12.5. The second kappa shape index (κ2) is 7.18. The smallest absolute Gasteiger partial charge is 0.387 e. The predicted octanol–water partition coefficient (Wildman–Crippen LogP) is 3.30. The van der Waals surface area contributed by atoms with E-state index in [0.29, 0.717) is 12.6 Å². The molecule has 0 unspecified atom stereocenters. The Balaban J connectivity index is 2.02. The van der Waals surface area contributed by atoms with E-state index >= 15 is 0 Å². The molecule has 5 heteroatoms. The van der Waals surface area contributed by atoms with E-state index in [-0.39, 0.29) is 11.9 Å². The van der Waals surface area contributed by atoms with Crippen LogP contribution in [-0.4, -0.2) is 23.9 Å². The molecule has 1 aromatic carbocycles. The fraction of sp³-hybridized carbons (Fsp3) is 0.625. The number of halogens is 2. The lowest BCUT2D eigenvalue weighted by atomic mass is 9.93. The molecule has 0 bridgehead atoms. The van der Waals surface area contributed by atoms with Crippen LogP contribution in [0.1, 0.15) is 42.4 Å². The van der Waals surface area contributed by atoms with Gasteiger partial charge in [-0.15, -0.1) is 0 Å². The van der Waals surface area contributed by atoms with E-state index in [2.05, 4.69) is 10.1 Å². The molecule has 2 rings (SSSR count). The summed E-state index contributed by atoms with van der Waals surface area (Å²) in [4.78, 5) is 0. The van der Waals surface area contributed by atoms with Crippen molar-refractivity contribution < 1.29 is 18.6 Å². The lowest BCUT2D eigenvalue weighted by Crippen LogP contribution is -2.34. The first-order valence-electron chi connectivity index (χ1n) is 7.42. The molecule has 21 heavy (non-hydrogen) atoms. The average Bonchev–Trinajstić information content (AvgIpc) is 2.42. The predicted molar refractivity (Wildman–Crippen MR) is 77.7 cm³/mol. The van der Waals surface area contributed by atoms with Crippen molar-refractivity contribution in [1.29, 1.82) is 0 Å². The Kier molecular flexibility index (Phi) is 5.53. The van der Waals surface area contributed by atoms with Gasteiger partial charge in [-0.1, -0.05) is 6.07 Å². The monoisotopic (exact) mass is 299 g/mol. The Morgan fingerprint density at radius 3 is 2.43 bits per heavy atom. The van der Waals surface area contributed by atoms with E-state index in [1.165, 1.54) is 0 Å². The first-order valence-corrected chi connectivity index (χ1v) is 7.42. The van der Waals surface area contributed by atoms with Crippen LogP contribution in [0.5, 0.6) is 5.75 Å². The van der Waals surface area contributed by atoms with Crippen LogP contribution in [0.3, 0.4) is 0 Å². The normalized spacial score (nSPS) is 22.6. The zero-order chi connectivity index (χ0) is 15.4. The van der Waals surface area contributed by atoms with Crippen LogP contribution >= 0.6 is 0 Å². The molecule has 0 aliphatic heterocycles. The van der Waals surface area contributed by atoms with Crippen molar-refractivity contribution in [3.8, 4) is 5.75 Å². The third-order valence-corrected chi connectivity index (χ3v) is 4.17. The van der Waals surface area contributed by atoms with Crippen LogP contribution in [0.2, 0.25) is 0 Å². The van der Waals surface area contributed by atoms with Gasteiger partial charge in [0.1, 0.15) is 5.75 Å². The van der Waals surface area contributed by atoms with Gasteiger partial charge >= 0.3 is 6.61 Å². The van der Waals surface area contributed by atoms with Gasteiger partial charge in [0.15, 0.2) is 0 Å². The molecule has 0 heterocycles. The number of benzene rings is 1. The summed E-state index contributed by atoms with van der Waals surface area (Å²) in [5.41, 5.74) is 2.76. The van der Waals surface area contributed by atoms with Crippen molar-refractivity contribution >= 4 is 0 Å². The molecule has 1 aliphatic carbocycles. The minimum Gasteiger partial charge on any atom is -0.434 e. The quantitative estimate of drug-likeness (QED) is 0.876. The van der Waals surface area contributed by atoms with E-state index in [9.17, 15) is 13.9 Å². The van der Waals surface area contributed by atoms with E-state index in [1.54, 1.807) is 6.07 Å². The van der Waals surface area contributed by atoms with Crippen LogP contribution in [0.15, 0.2) is 12.1 Å². The highest BCUT2D eigenvalue weighted by Crippen LogP contribution is 2.26. The summed E-state index contributed by atoms with van der Waals surface area (Å²) < 4.78 is 29.6. The van der Waals surface area contributed by atoms with Gasteiger partial charge in [0, 0.05) is 18.2 Å². The highest BCUT2D eigenvalue weighted by molar-refractivity contribution is 5.41. The van der Waals surface area contributed by atoms with E-state index in [0.717, 1.165) is 42.4 Å². The summed E-state index contributed by atoms with van der Waals surface area (Å²) in [6.07, 6.45) is 3.23. The molecule has 1 aromatic rings. The van der Waals surface area contributed by atoms with Crippen LogP contribution < -0.4 is 10.1 Å². The fourth-order valence-electron chi connectivity index (χ4n) is 2.73. The molecule has 0 radical (unpaired) electrons. The molecule has 3 nitrogen and oxygen atoms in total. The standard InChI is InChI=1S/C16H23F2NO2/c1-10-7-12(15(8-11(10)2)21-16(17)18)9-19-13-3-5-14(20)6-4-13/h7-8,13-14,16,19-20H,3-6,9H2,1-2H3. The van der Waals surface area contributed by atoms with Crippen LogP contribution in [0.4, 0.5) is 8.78 Å². The SMILES string of the molecule is Cc1cc(CNC2CCC(O)CC2)c(OC(F)F)cc1C. The molecule has 0 saturated heterocycles. The number of hydrogen-bond donors (Lipinski definition) is 2. The van der Waals surface area contributed by atoms with Gasteiger partial charge in [0.2, 0.25) is 0 Å². The first-order chi connectivity index (χ1) is 9.95. The molecule has 1 fully saturated rings. The molecular weight excluding hydrogens is 276 g/mol. The van der Waals surface area contributed by atoms with Gasteiger partial charge in [-0.3, -0.25) is 0 Å². The summed E-state index contributed by atoms with van der Waals surface area (Å²) in [6.45, 7) is 1.54. The van der Waals surface area contributed by atoms with Gasteiger partial charge in [0.05, 0.1) is 6.10 Å². The number of aryl methyl sites for hydroxylation is 2. The summed E-state index contributed by atoms with van der Waals surface area (Å²) in [5.74, 6) is 0.247. The molecular formula is C16H23F2NO2. The van der Waals surface area contributed by atoms with Crippen LogP contribution in [-0.2, 0) is 6.54 Å². The maximum atomic E-state index is 12.5. The highest BCUT2D eigenvalue weighted by atomic mass is 19.3. The number of ether oxygens (including phenoxy) is 1. The third-order valence-electron chi connectivity index (χ3n) is 4.17. The largest absolute Gasteiger partial charge is 0.434 e. The van der Waals surface area contributed by atoms with Crippen LogP contribution in [0, 0.1) is 13.8 Å². The minimum atomic E-state index is -2.81. The van der Waals surface area contributed by atoms with Crippen molar-refractivity contribution in [3.05, 3.63) is 28.8 Å². The Labute approximate surface area is 124 Å². The number of hydrogen-bond acceptors (Lipinski definition) is 3. The molecule has 2 N–H and O–H groups in total. The van der Waals surface area contributed by atoms with Crippen molar-refractivity contribution in [2.24, 2.45) is 0 Å². The summed E-state index contributed by atoms with van der Waals surface area (Å²) in [7, 11) is 0. The van der Waals surface area contributed by atoms with Crippen molar-refractivity contribution in [3.63, 3.8) is 0 Å². The number of aliphatic hydroxyl groups excluding tert-OH is 1. The van der Waals surface area contributed by atoms with Crippen molar-refractivity contribution in [2.45, 2.75) is 64.8 Å². The van der Waals surface area contributed by atoms with Gasteiger partial charge in [-0.25, -0.2) is 0 Å². The van der Waals surface area contributed by atoms with E-state index in [1.807, 2.05) is 19.9 Å². The fourth-order valence-corrected chi connectivity index (χ4v) is 2.73. The third kappa shape index (κ3) is 4.64. The van der Waals surface area contributed by atoms with E-state index < -0.39 is 6.61 Å². The second-order valence-corrected chi connectivity index (χ2v) is 5.81. The number of nitrogens with one attached hydrogen (secondary N) is 1. The van der Waals surface area contributed by atoms with Crippen molar-refractivity contribution in [1.82, 2.24) is 5.32 Å². The molecule has 118 valence electrons. The second-order valence-electron chi connectivity index (χ2n) is 5.81. The minimum absolute atomic E-state index is 0.192. The summed E-state index contributed by atoms with van der Waals surface area (Å²) >= 11 is 0. The van der Waals surface area contributed by atoms with Gasteiger partial charge in [-0.05, 0) is 56.7 Å². The van der Waals surface area contributed by atoms with Crippen LogP contribution in [0.25, 0.3) is 0 Å². The first kappa shape index (κ1) is 16.2. The topological polar surface area (TPSA) is 41.5 Å². The Hall–Kier alpha value is -1.20. The lowest BCUT2D eigenvalue weighted by Gasteiger charge is -2.26. The zero-order valence-corrected chi connectivity index (χ0v) is 12.5. The van der Waals surface area contributed by atoms with Gasteiger partial charge in [0.25, 0.3) is 0 Å². The molecule has 0 amide bonds. The summed E-state index contributed by atoms with van der Waals surface area (Å²) in [6, 6.07) is 3.90.